The van der Waals surface area contributed by atoms with E-state index in [2.05, 4.69) is 55.4 Å². The zero-order chi connectivity index (χ0) is 31.0. The lowest BCUT2D eigenvalue weighted by Gasteiger charge is -2.27. The highest BCUT2D eigenvalue weighted by molar-refractivity contribution is 6.83. The molecule has 4 rings (SSSR count). The normalized spacial score (nSPS) is 12.6. The zero-order valence-corrected chi connectivity index (χ0v) is 27.7. The van der Waals surface area contributed by atoms with Crippen molar-refractivity contribution in [2.75, 3.05) is 18.6 Å². The molecule has 0 radical (unpaired) electrons. The van der Waals surface area contributed by atoms with Crippen molar-refractivity contribution in [3.63, 3.8) is 0 Å². The second-order valence-electron chi connectivity index (χ2n) is 13.2. The topological polar surface area (TPSA) is 55.8 Å². The van der Waals surface area contributed by atoms with Gasteiger partial charge in [-0.15, -0.1) is 5.54 Å². The van der Waals surface area contributed by atoms with Crippen LogP contribution in [0.5, 0.6) is 0 Å². The third-order valence-corrected chi connectivity index (χ3v) is 8.49. The standard InChI is InChI=1S/C36H43NO4Si/c1-23-26(19-20-42(8,9)10)24(2)34(25(3)31(23)21-33(38)41-36(4,5)6)37(7)35(39)40-22-32-29-17-13-11-15-27(29)28-16-12-14-18-30(28)32/h11-18,32H,21-22H2,1-10H3. The van der Waals surface area contributed by atoms with Gasteiger partial charge in [0.15, 0.2) is 0 Å². The Morgan fingerprint density at radius 2 is 1.43 bits per heavy atom. The number of esters is 1. The van der Waals surface area contributed by atoms with E-state index in [0.29, 0.717) is 0 Å². The van der Waals surface area contributed by atoms with Crippen LogP contribution in [0.4, 0.5) is 10.5 Å². The molecule has 0 saturated heterocycles. The van der Waals surface area contributed by atoms with Crippen molar-refractivity contribution in [1.82, 2.24) is 0 Å². The number of rotatable bonds is 5. The second-order valence-corrected chi connectivity index (χ2v) is 18.0. The van der Waals surface area contributed by atoms with E-state index in [1.54, 1.807) is 11.9 Å². The Morgan fingerprint density at radius 3 is 1.95 bits per heavy atom. The molecule has 0 aromatic heterocycles. The van der Waals surface area contributed by atoms with Crippen LogP contribution >= 0.6 is 0 Å². The van der Waals surface area contributed by atoms with Crippen molar-refractivity contribution in [2.45, 2.75) is 79.1 Å². The van der Waals surface area contributed by atoms with Gasteiger partial charge < -0.3 is 9.47 Å². The molecule has 0 saturated carbocycles. The minimum atomic E-state index is -1.69. The molecule has 0 aliphatic heterocycles. The number of hydrogen-bond acceptors (Lipinski definition) is 4. The van der Waals surface area contributed by atoms with Gasteiger partial charge in [0.2, 0.25) is 0 Å². The maximum atomic E-state index is 13.6. The van der Waals surface area contributed by atoms with Crippen molar-refractivity contribution in [3.05, 3.63) is 87.5 Å². The van der Waals surface area contributed by atoms with Gasteiger partial charge in [-0.25, -0.2) is 4.79 Å². The monoisotopic (exact) mass is 581 g/mol. The van der Waals surface area contributed by atoms with E-state index in [0.717, 1.165) is 33.5 Å². The summed E-state index contributed by atoms with van der Waals surface area (Å²) in [6, 6.07) is 16.6. The molecule has 1 aliphatic rings. The highest BCUT2D eigenvalue weighted by Gasteiger charge is 2.31. The molecule has 3 aromatic rings. The molecule has 1 amide bonds. The van der Waals surface area contributed by atoms with Crippen LogP contribution in [0.25, 0.3) is 11.1 Å². The van der Waals surface area contributed by atoms with Gasteiger partial charge in [0.1, 0.15) is 20.3 Å². The minimum Gasteiger partial charge on any atom is -0.460 e. The molecule has 0 heterocycles. The molecule has 0 atom stereocenters. The number of carbonyl (C=O) groups is 2. The predicted octanol–water partition coefficient (Wildman–Crippen LogP) is 8.11. The molecule has 220 valence electrons. The van der Waals surface area contributed by atoms with Gasteiger partial charge >= 0.3 is 12.1 Å². The van der Waals surface area contributed by atoms with Crippen LogP contribution in [0, 0.1) is 32.2 Å². The number of fused-ring (bicyclic) bond motifs is 3. The third-order valence-electron chi connectivity index (χ3n) is 7.61. The van der Waals surface area contributed by atoms with Crippen molar-refractivity contribution in [3.8, 4) is 22.6 Å². The fourth-order valence-electron chi connectivity index (χ4n) is 5.77. The van der Waals surface area contributed by atoms with Gasteiger partial charge in [-0.1, -0.05) is 74.1 Å². The zero-order valence-electron chi connectivity index (χ0n) is 26.7. The summed E-state index contributed by atoms with van der Waals surface area (Å²) in [6.45, 7) is 18.4. The molecule has 5 nitrogen and oxygen atoms in total. The number of nitrogens with zero attached hydrogens (tertiary/aromatic N) is 1. The number of benzene rings is 3. The van der Waals surface area contributed by atoms with Crippen LogP contribution in [0.2, 0.25) is 19.6 Å². The molecule has 1 aliphatic carbocycles. The van der Waals surface area contributed by atoms with Crippen LogP contribution in [0.1, 0.15) is 65.6 Å². The lowest BCUT2D eigenvalue weighted by molar-refractivity contribution is -0.153. The van der Waals surface area contributed by atoms with E-state index in [4.69, 9.17) is 9.47 Å². The first-order chi connectivity index (χ1) is 19.6. The molecule has 0 unspecified atom stereocenters. The molecule has 3 aromatic carbocycles. The van der Waals surface area contributed by atoms with Crippen LogP contribution in [0.3, 0.4) is 0 Å². The summed E-state index contributed by atoms with van der Waals surface area (Å²) >= 11 is 0. The van der Waals surface area contributed by atoms with E-state index in [-0.39, 0.29) is 24.9 Å². The van der Waals surface area contributed by atoms with Gasteiger partial charge in [-0.3, -0.25) is 9.69 Å². The van der Waals surface area contributed by atoms with E-state index in [1.807, 2.05) is 65.8 Å². The van der Waals surface area contributed by atoms with E-state index in [9.17, 15) is 9.59 Å². The Morgan fingerprint density at radius 1 is 0.881 bits per heavy atom. The Labute approximate surface area is 252 Å². The molecular formula is C36H43NO4Si. The fourth-order valence-corrected chi connectivity index (χ4v) is 6.27. The quantitative estimate of drug-likeness (QED) is 0.174. The maximum Gasteiger partial charge on any atom is 0.414 e. The summed E-state index contributed by atoms with van der Waals surface area (Å²) in [4.78, 5) is 28.2. The van der Waals surface area contributed by atoms with Crippen LogP contribution in [0.15, 0.2) is 48.5 Å². The molecule has 42 heavy (non-hydrogen) atoms. The van der Waals surface area contributed by atoms with Gasteiger partial charge in [-0.05, 0) is 86.1 Å². The van der Waals surface area contributed by atoms with Crippen LogP contribution < -0.4 is 4.90 Å². The average molecular weight is 582 g/mol. The fraction of sp³-hybridized carbons (Fsp3) is 0.389. The van der Waals surface area contributed by atoms with E-state index < -0.39 is 19.8 Å². The first-order valence-corrected chi connectivity index (χ1v) is 18.1. The predicted molar refractivity (Wildman–Crippen MR) is 174 cm³/mol. The first-order valence-electron chi connectivity index (χ1n) is 14.6. The molecule has 0 N–H and O–H groups in total. The second kappa shape index (κ2) is 11.8. The number of carbonyl (C=O) groups excluding carboxylic acids is 2. The molecule has 6 heteroatoms. The highest BCUT2D eigenvalue weighted by Crippen LogP contribution is 2.44. The van der Waals surface area contributed by atoms with Gasteiger partial charge in [0.25, 0.3) is 0 Å². The van der Waals surface area contributed by atoms with E-state index in [1.165, 1.54) is 22.3 Å². The summed E-state index contributed by atoms with van der Waals surface area (Å²) in [5, 5.41) is 0. The van der Waals surface area contributed by atoms with E-state index >= 15 is 0 Å². The van der Waals surface area contributed by atoms with Crippen LogP contribution in [-0.2, 0) is 20.7 Å². The number of amides is 1. The summed E-state index contributed by atoms with van der Waals surface area (Å²) in [5.41, 5.74) is 12.7. The third kappa shape index (κ3) is 6.63. The summed E-state index contributed by atoms with van der Waals surface area (Å²) in [7, 11) is 0.0418. The lowest BCUT2D eigenvalue weighted by Crippen LogP contribution is -2.31. The Kier molecular flexibility index (Phi) is 8.75. The Balaban J connectivity index is 1.69. The summed E-state index contributed by atoms with van der Waals surface area (Å²) in [6.07, 6.45) is -0.346. The van der Waals surface area contributed by atoms with Gasteiger partial charge in [0.05, 0.1) is 12.1 Å². The molecule has 0 fully saturated rings. The van der Waals surface area contributed by atoms with Crippen molar-refractivity contribution >= 4 is 25.8 Å². The molecule has 0 spiro atoms. The number of anilines is 1. The summed E-state index contributed by atoms with van der Waals surface area (Å²) < 4.78 is 11.7. The largest absolute Gasteiger partial charge is 0.460 e. The van der Waals surface area contributed by atoms with Gasteiger partial charge in [-0.2, -0.15) is 0 Å². The van der Waals surface area contributed by atoms with Crippen molar-refractivity contribution in [2.24, 2.45) is 0 Å². The van der Waals surface area contributed by atoms with Gasteiger partial charge in [0, 0.05) is 18.5 Å². The maximum absolute atomic E-state index is 13.6. The summed E-state index contributed by atoms with van der Waals surface area (Å²) in [5.74, 6) is 3.08. The molecular weight excluding hydrogens is 538 g/mol. The lowest BCUT2D eigenvalue weighted by atomic mass is 9.89. The Hall–Kier alpha value is -3.82. The van der Waals surface area contributed by atoms with Crippen molar-refractivity contribution < 1.29 is 19.1 Å². The minimum absolute atomic E-state index is 0.0316. The number of ether oxygens (including phenoxy) is 2. The number of hydrogen-bond donors (Lipinski definition) is 0. The van der Waals surface area contributed by atoms with Crippen molar-refractivity contribution in [1.29, 1.82) is 0 Å². The smallest absolute Gasteiger partial charge is 0.414 e. The highest BCUT2D eigenvalue weighted by atomic mass is 28.3. The average Bonchev–Trinajstić information content (AvgIpc) is 3.21. The molecule has 0 bridgehead atoms. The first kappa shape index (κ1) is 31.1. The Bertz CT molecular complexity index is 1550. The van der Waals surface area contributed by atoms with Crippen LogP contribution in [-0.4, -0.2) is 39.4 Å². The SMILES string of the molecule is Cc1c(C#C[Si](C)(C)C)c(C)c(N(C)C(=O)OCC2c3ccccc3-c3ccccc32)c(C)c1CC(=O)OC(C)(C)C.